The monoisotopic (exact) mass is 200 g/mol. The van der Waals surface area contributed by atoms with Crippen molar-refractivity contribution in [2.45, 2.75) is 0 Å². The first-order chi connectivity index (χ1) is 6.11. The van der Waals surface area contributed by atoms with Crippen LogP contribution in [-0.4, -0.2) is 40.5 Å². The summed E-state index contributed by atoms with van der Waals surface area (Å²) in [6.07, 6.45) is 1.42. The largest absolute Gasteiger partial charge is 0.480 e. The van der Waals surface area contributed by atoms with E-state index in [1.165, 1.54) is 30.1 Å². The first kappa shape index (κ1) is 9.66. The molecule has 0 fully saturated rings. The smallest absolute Gasteiger partial charge is 0.323 e. The highest BCUT2D eigenvalue weighted by molar-refractivity contribution is 7.11. The predicted octanol–water partition coefficient (Wildman–Crippen LogP) is 0.300. The lowest BCUT2D eigenvalue weighted by Crippen LogP contribution is -2.31. The number of hydrogen-bond acceptors (Lipinski definition) is 4. The van der Waals surface area contributed by atoms with Gasteiger partial charge in [-0.1, -0.05) is 0 Å². The zero-order valence-corrected chi connectivity index (χ0v) is 7.74. The maximum absolute atomic E-state index is 11.4. The van der Waals surface area contributed by atoms with Gasteiger partial charge in [0.15, 0.2) is 0 Å². The summed E-state index contributed by atoms with van der Waals surface area (Å²) in [6.45, 7) is -0.295. The molecule has 1 amide bonds. The molecule has 0 bridgehead atoms. The van der Waals surface area contributed by atoms with Crippen molar-refractivity contribution in [1.82, 2.24) is 9.88 Å². The van der Waals surface area contributed by atoms with Gasteiger partial charge in [0.25, 0.3) is 5.91 Å². The molecule has 1 rings (SSSR count). The first-order valence-corrected chi connectivity index (χ1v) is 4.35. The molecule has 6 heteroatoms. The molecule has 1 aromatic rings. The van der Waals surface area contributed by atoms with Gasteiger partial charge in [0.1, 0.15) is 11.4 Å². The van der Waals surface area contributed by atoms with E-state index in [9.17, 15) is 9.59 Å². The average Bonchev–Trinajstić information content (AvgIpc) is 2.53. The van der Waals surface area contributed by atoms with Gasteiger partial charge in [0, 0.05) is 7.05 Å². The van der Waals surface area contributed by atoms with Crippen LogP contribution in [0.4, 0.5) is 0 Å². The Morgan fingerprint density at radius 1 is 1.69 bits per heavy atom. The van der Waals surface area contributed by atoms with E-state index >= 15 is 0 Å². The van der Waals surface area contributed by atoms with Crippen molar-refractivity contribution in [3.05, 3.63) is 16.6 Å². The summed E-state index contributed by atoms with van der Waals surface area (Å²) in [7, 11) is 1.44. The van der Waals surface area contributed by atoms with E-state index < -0.39 is 5.97 Å². The molecule has 0 aliphatic carbocycles. The number of rotatable bonds is 3. The zero-order valence-electron chi connectivity index (χ0n) is 6.93. The fourth-order valence-electron chi connectivity index (χ4n) is 0.784. The van der Waals surface area contributed by atoms with Gasteiger partial charge in [-0.3, -0.25) is 14.6 Å². The maximum atomic E-state index is 11.4. The fourth-order valence-corrected chi connectivity index (χ4v) is 1.40. The number of hydrogen-bond donors (Lipinski definition) is 1. The topological polar surface area (TPSA) is 70.5 Å². The normalized spacial score (nSPS) is 9.62. The lowest BCUT2D eigenvalue weighted by molar-refractivity contribution is -0.137. The number of nitrogens with zero attached hydrogens (tertiary/aromatic N) is 2. The Balaban J connectivity index is 2.63. The van der Waals surface area contributed by atoms with Crippen molar-refractivity contribution in [2.75, 3.05) is 13.6 Å². The summed E-state index contributed by atoms with van der Waals surface area (Å²) in [5.74, 6) is -1.34. The Morgan fingerprint density at radius 3 is 2.85 bits per heavy atom. The van der Waals surface area contributed by atoms with Crippen LogP contribution in [0.3, 0.4) is 0 Å². The minimum absolute atomic E-state index is 0.295. The highest BCUT2D eigenvalue weighted by Crippen LogP contribution is 2.07. The molecule has 0 spiro atoms. The Bertz CT molecular complexity index is 310. The molecule has 5 nitrogen and oxygen atoms in total. The molecule has 0 radical (unpaired) electrons. The van der Waals surface area contributed by atoms with Crippen molar-refractivity contribution in [1.29, 1.82) is 0 Å². The summed E-state index contributed by atoms with van der Waals surface area (Å²) in [5, 5.41) is 8.42. The number of carbonyl (C=O) groups is 2. The molecule has 0 saturated carbocycles. The van der Waals surface area contributed by atoms with E-state index in [2.05, 4.69) is 4.98 Å². The number of thiazole rings is 1. The number of carboxylic acid groups (broad SMARTS) is 1. The number of likely N-dealkylation sites (N-methyl/N-ethyl adjacent to an activating group) is 1. The molecular weight excluding hydrogens is 192 g/mol. The summed E-state index contributed by atoms with van der Waals surface area (Å²) >= 11 is 1.19. The molecule has 0 aliphatic heterocycles. The molecule has 0 aliphatic rings. The lowest BCUT2D eigenvalue weighted by atomic mass is 10.4. The molecule has 1 aromatic heterocycles. The third-order valence-corrected chi connectivity index (χ3v) is 2.12. The number of aliphatic carboxylic acids is 1. The third kappa shape index (κ3) is 2.51. The van der Waals surface area contributed by atoms with E-state index in [1.54, 1.807) is 0 Å². The number of carbonyl (C=O) groups excluding carboxylic acids is 1. The molecule has 1 N–H and O–H groups in total. The summed E-state index contributed by atoms with van der Waals surface area (Å²) in [4.78, 5) is 27.0. The Morgan fingerprint density at radius 2 is 2.38 bits per heavy atom. The fraction of sp³-hybridized carbons (Fsp3) is 0.286. The minimum atomic E-state index is -1.03. The molecule has 0 aromatic carbocycles. The summed E-state index contributed by atoms with van der Waals surface area (Å²) in [6, 6.07) is 0. The molecular formula is C7H8N2O3S. The molecule has 13 heavy (non-hydrogen) atoms. The van der Waals surface area contributed by atoms with E-state index in [4.69, 9.17) is 5.11 Å². The van der Waals surface area contributed by atoms with Crippen LogP contribution in [0, 0.1) is 0 Å². The highest BCUT2D eigenvalue weighted by atomic mass is 32.1. The predicted molar refractivity (Wildman–Crippen MR) is 46.7 cm³/mol. The molecule has 1 heterocycles. The van der Waals surface area contributed by atoms with Crippen molar-refractivity contribution in [3.63, 3.8) is 0 Å². The third-order valence-electron chi connectivity index (χ3n) is 1.36. The van der Waals surface area contributed by atoms with Gasteiger partial charge in [-0.05, 0) is 0 Å². The number of amides is 1. The first-order valence-electron chi connectivity index (χ1n) is 3.47. The van der Waals surface area contributed by atoms with Crippen molar-refractivity contribution in [3.8, 4) is 0 Å². The van der Waals surface area contributed by atoms with Crippen LogP contribution in [0.5, 0.6) is 0 Å². The van der Waals surface area contributed by atoms with Crippen LogP contribution in [0.15, 0.2) is 11.7 Å². The number of carboxylic acids is 1. The van der Waals surface area contributed by atoms with Crippen molar-refractivity contribution in [2.24, 2.45) is 0 Å². The highest BCUT2D eigenvalue weighted by Gasteiger charge is 2.14. The number of aromatic nitrogens is 1. The zero-order chi connectivity index (χ0) is 9.84. The van der Waals surface area contributed by atoms with Crippen LogP contribution in [0.2, 0.25) is 0 Å². The SMILES string of the molecule is CN(CC(=O)O)C(=O)c1cncs1. The van der Waals surface area contributed by atoms with Gasteiger partial charge >= 0.3 is 5.97 Å². The van der Waals surface area contributed by atoms with Crippen LogP contribution < -0.4 is 0 Å². The van der Waals surface area contributed by atoms with E-state index in [1.807, 2.05) is 0 Å². The van der Waals surface area contributed by atoms with Crippen LogP contribution in [0.1, 0.15) is 9.67 Å². The molecule has 70 valence electrons. The summed E-state index contributed by atoms with van der Waals surface area (Å²) in [5.41, 5.74) is 1.53. The second-order valence-corrected chi connectivity index (χ2v) is 3.31. The standard InChI is InChI=1S/C7H8N2O3S/c1-9(3-6(10)11)7(12)5-2-8-4-13-5/h2,4H,3H2,1H3,(H,10,11). The van der Waals surface area contributed by atoms with Gasteiger partial charge < -0.3 is 10.0 Å². The van der Waals surface area contributed by atoms with E-state index in [0.29, 0.717) is 4.88 Å². The molecule has 0 atom stereocenters. The maximum Gasteiger partial charge on any atom is 0.323 e. The van der Waals surface area contributed by atoms with Gasteiger partial charge in [-0.25, -0.2) is 0 Å². The average molecular weight is 200 g/mol. The van der Waals surface area contributed by atoms with Crippen LogP contribution in [-0.2, 0) is 4.79 Å². The van der Waals surface area contributed by atoms with E-state index in [0.717, 1.165) is 4.90 Å². The van der Waals surface area contributed by atoms with Crippen molar-refractivity contribution < 1.29 is 14.7 Å². The minimum Gasteiger partial charge on any atom is -0.480 e. The van der Waals surface area contributed by atoms with Gasteiger partial charge in [0.2, 0.25) is 0 Å². The molecule has 0 unspecified atom stereocenters. The van der Waals surface area contributed by atoms with Gasteiger partial charge in [-0.2, -0.15) is 0 Å². The Kier molecular flexibility index (Phi) is 2.97. The van der Waals surface area contributed by atoms with E-state index in [-0.39, 0.29) is 12.5 Å². The van der Waals surface area contributed by atoms with Crippen LogP contribution >= 0.6 is 11.3 Å². The van der Waals surface area contributed by atoms with Crippen LogP contribution in [0.25, 0.3) is 0 Å². The Labute approximate surface area is 78.6 Å². The second-order valence-electron chi connectivity index (χ2n) is 2.42. The molecule has 0 saturated heterocycles. The van der Waals surface area contributed by atoms with Gasteiger partial charge in [0.05, 0.1) is 11.7 Å². The van der Waals surface area contributed by atoms with Gasteiger partial charge in [-0.15, -0.1) is 11.3 Å². The Hall–Kier alpha value is -1.43. The quantitative estimate of drug-likeness (QED) is 0.761. The lowest BCUT2D eigenvalue weighted by Gasteiger charge is -2.12. The second kappa shape index (κ2) is 3.99. The summed E-state index contributed by atoms with van der Waals surface area (Å²) < 4.78 is 0. The van der Waals surface area contributed by atoms with Crippen molar-refractivity contribution >= 4 is 23.2 Å².